The van der Waals surface area contributed by atoms with Crippen molar-refractivity contribution < 1.29 is 5.11 Å². The quantitative estimate of drug-likeness (QED) is 0.855. The second-order valence-electron chi connectivity index (χ2n) is 5.85. The number of benzene rings is 1. The summed E-state index contributed by atoms with van der Waals surface area (Å²) in [5.41, 5.74) is 4.19. The molecule has 0 fully saturated rings. The average Bonchev–Trinajstić information content (AvgIpc) is 2.36. The summed E-state index contributed by atoms with van der Waals surface area (Å²) in [6.45, 7) is 6.01. The zero-order chi connectivity index (χ0) is 13.8. The second kappa shape index (κ2) is 6.40. The van der Waals surface area contributed by atoms with Gasteiger partial charge < -0.3 is 15.3 Å². The van der Waals surface area contributed by atoms with Gasteiger partial charge in [-0.3, -0.25) is 0 Å². The van der Waals surface area contributed by atoms with Gasteiger partial charge in [0.2, 0.25) is 0 Å². The number of nitrogens with zero attached hydrogens (tertiary/aromatic N) is 1. The van der Waals surface area contributed by atoms with Gasteiger partial charge in [-0.2, -0.15) is 0 Å². The molecule has 0 saturated carbocycles. The highest BCUT2D eigenvalue weighted by Crippen LogP contribution is 2.26. The van der Waals surface area contributed by atoms with E-state index in [9.17, 15) is 5.11 Å². The van der Waals surface area contributed by atoms with Crippen LogP contribution in [0.15, 0.2) is 18.2 Å². The Bertz CT molecular complexity index is 417. The molecule has 3 nitrogen and oxygen atoms in total. The molecule has 3 heteroatoms. The smallest absolute Gasteiger partial charge is 0.0526 e. The maximum absolute atomic E-state index is 9.36. The van der Waals surface area contributed by atoms with Crippen LogP contribution in [0.1, 0.15) is 37.8 Å². The van der Waals surface area contributed by atoms with Crippen molar-refractivity contribution in [2.75, 3.05) is 18.5 Å². The molecule has 2 atom stereocenters. The molecule has 2 unspecified atom stereocenters. The van der Waals surface area contributed by atoms with E-state index in [4.69, 9.17) is 0 Å². The molecule has 1 aromatic rings. The Balaban J connectivity index is 1.95. The number of rotatable bonds is 5. The third-order valence-electron chi connectivity index (χ3n) is 3.84. The van der Waals surface area contributed by atoms with Crippen molar-refractivity contribution in [2.45, 2.75) is 51.8 Å². The Morgan fingerprint density at radius 2 is 2.16 bits per heavy atom. The first-order valence-electron chi connectivity index (χ1n) is 7.30. The van der Waals surface area contributed by atoms with Crippen molar-refractivity contribution in [3.05, 3.63) is 29.3 Å². The highest BCUT2D eigenvalue weighted by molar-refractivity contribution is 5.56. The maximum atomic E-state index is 9.36. The summed E-state index contributed by atoms with van der Waals surface area (Å²) < 4.78 is 0. The summed E-state index contributed by atoms with van der Waals surface area (Å²) in [5.74, 6) is 0. The number of aliphatic hydroxyl groups excluding tert-OH is 1. The van der Waals surface area contributed by atoms with Crippen molar-refractivity contribution in [2.24, 2.45) is 0 Å². The zero-order valence-corrected chi connectivity index (χ0v) is 12.3. The molecule has 1 heterocycles. The molecule has 1 aliphatic rings. The summed E-state index contributed by atoms with van der Waals surface area (Å²) in [6.07, 6.45) is 3.00. The molecule has 2 rings (SSSR count). The SMILES string of the molecule is CC(O)CC(C)NCc1ccc2c(c1)CCCN2C. The Labute approximate surface area is 116 Å². The van der Waals surface area contributed by atoms with Crippen molar-refractivity contribution in [3.63, 3.8) is 0 Å². The van der Waals surface area contributed by atoms with Crippen LogP contribution in [-0.2, 0) is 13.0 Å². The molecular formula is C16H26N2O. The molecule has 0 bridgehead atoms. The third kappa shape index (κ3) is 3.95. The fourth-order valence-electron chi connectivity index (χ4n) is 2.84. The molecule has 0 amide bonds. The van der Waals surface area contributed by atoms with Gasteiger partial charge >= 0.3 is 0 Å². The van der Waals surface area contributed by atoms with Gasteiger partial charge in [0.1, 0.15) is 0 Å². The fraction of sp³-hybridized carbons (Fsp3) is 0.625. The van der Waals surface area contributed by atoms with E-state index in [1.165, 1.54) is 29.7 Å². The van der Waals surface area contributed by atoms with E-state index in [-0.39, 0.29) is 6.10 Å². The standard InChI is InChI=1S/C16H26N2O/c1-12(9-13(2)19)17-11-14-6-7-16-15(10-14)5-4-8-18(16)3/h6-7,10,12-13,17,19H,4-5,8-9,11H2,1-3H3. The van der Waals surface area contributed by atoms with Gasteiger partial charge in [0.25, 0.3) is 0 Å². The molecule has 0 aromatic heterocycles. The molecule has 0 radical (unpaired) electrons. The van der Waals surface area contributed by atoms with Crippen molar-refractivity contribution in [1.82, 2.24) is 5.32 Å². The van der Waals surface area contributed by atoms with Gasteiger partial charge in [-0.1, -0.05) is 12.1 Å². The third-order valence-corrected chi connectivity index (χ3v) is 3.84. The van der Waals surface area contributed by atoms with Crippen LogP contribution in [0.25, 0.3) is 0 Å². The second-order valence-corrected chi connectivity index (χ2v) is 5.85. The minimum absolute atomic E-state index is 0.236. The largest absolute Gasteiger partial charge is 0.393 e. The number of hydrogen-bond acceptors (Lipinski definition) is 3. The normalized spacial score (nSPS) is 18.0. The predicted molar refractivity (Wildman–Crippen MR) is 80.6 cm³/mol. The predicted octanol–water partition coefficient (Wildman–Crippen LogP) is 2.32. The number of nitrogens with one attached hydrogen (secondary N) is 1. The Hall–Kier alpha value is -1.06. The van der Waals surface area contributed by atoms with Crippen molar-refractivity contribution in [3.8, 4) is 0 Å². The number of aryl methyl sites for hydroxylation is 1. The molecule has 0 aliphatic carbocycles. The summed E-state index contributed by atoms with van der Waals surface area (Å²) in [5, 5.41) is 12.8. The van der Waals surface area contributed by atoms with E-state index in [0.717, 1.165) is 19.5 Å². The first-order valence-corrected chi connectivity index (χ1v) is 7.30. The zero-order valence-electron chi connectivity index (χ0n) is 12.3. The van der Waals surface area contributed by atoms with Crippen LogP contribution < -0.4 is 10.2 Å². The molecule has 0 spiro atoms. The monoisotopic (exact) mass is 262 g/mol. The Morgan fingerprint density at radius 1 is 1.37 bits per heavy atom. The van der Waals surface area contributed by atoms with Crippen molar-refractivity contribution in [1.29, 1.82) is 0 Å². The van der Waals surface area contributed by atoms with Crippen LogP contribution in [0.4, 0.5) is 5.69 Å². The van der Waals surface area contributed by atoms with Gasteiger partial charge in [0.15, 0.2) is 0 Å². The lowest BCUT2D eigenvalue weighted by molar-refractivity contribution is 0.170. The van der Waals surface area contributed by atoms with E-state index in [2.05, 4.69) is 42.4 Å². The van der Waals surface area contributed by atoms with Crippen LogP contribution in [0.5, 0.6) is 0 Å². The van der Waals surface area contributed by atoms with E-state index < -0.39 is 0 Å². The number of fused-ring (bicyclic) bond motifs is 1. The minimum atomic E-state index is -0.236. The first-order chi connectivity index (χ1) is 9.06. The van der Waals surface area contributed by atoms with Gasteiger partial charge in [-0.15, -0.1) is 0 Å². The van der Waals surface area contributed by atoms with Crippen LogP contribution >= 0.6 is 0 Å². The van der Waals surface area contributed by atoms with Crippen LogP contribution in [0, 0.1) is 0 Å². The first kappa shape index (κ1) is 14.4. The maximum Gasteiger partial charge on any atom is 0.0526 e. The summed E-state index contributed by atoms with van der Waals surface area (Å²) in [7, 11) is 2.17. The Kier molecular flexibility index (Phi) is 4.83. The van der Waals surface area contributed by atoms with Crippen LogP contribution in [0.2, 0.25) is 0 Å². The van der Waals surface area contributed by atoms with Crippen LogP contribution in [-0.4, -0.2) is 30.8 Å². The number of aliphatic hydroxyl groups is 1. The van der Waals surface area contributed by atoms with Crippen molar-refractivity contribution >= 4 is 5.69 Å². The van der Waals surface area contributed by atoms with Gasteiger partial charge in [0, 0.05) is 31.9 Å². The molecular weight excluding hydrogens is 236 g/mol. The summed E-state index contributed by atoms with van der Waals surface area (Å²) in [4.78, 5) is 2.34. The molecule has 2 N–H and O–H groups in total. The van der Waals surface area contributed by atoms with E-state index in [1.807, 2.05) is 6.92 Å². The lowest BCUT2D eigenvalue weighted by Gasteiger charge is -2.28. The lowest BCUT2D eigenvalue weighted by Crippen LogP contribution is -2.29. The molecule has 1 aromatic carbocycles. The minimum Gasteiger partial charge on any atom is -0.393 e. The van der Waals surface area contributed by atoms with E-state index in [0.29, 0.717) is 6.04 Å². The highest BCUT2D eigenvalue weighted by atomic mass is 16.3. The van der Waals surface area contributed by atoms with Crippen LogP contribution in [0.3, 0.4) is 0 Å². The number of hydrogen-bond donors (Lipinski definition) is 2. The molecule has 1 aliphatic heterocycles. The summed E-state index contributed by atoms with van der Waals surface area (Å²) in [6, 6.07) is 7.12. The van der Waals surface area contributed by atoms with E-state index in [1.54, 1.807) is 0 Å². The lowest BCUT2D eigenvalue weighted by atomic mass is 9.99. The Morgan fingerprint density at radius 3 is 2.89 bits per heavy atom. The van der Waals surface area contributed by atoms with Gasteiger partial charge in [-0.05, 0) is 50.3 Å². The van der Waals surface area contributed by atoms with Gasteiger partial charge in [-0.25, -0.2) is 0 Å². The summed E-state index contributed by atoms with van der Waals surface area (Å²) >= 11 is 0. The average molecular weight is 262 g/mol. The number of anilines is 1. The topological polar surface area (TPSA) is 35.5 Å². The fourth-order valence-corrected chi connectivity index (χ4v) is 2.84. The molecule has 106 valence electrons. The molecule has 19 heavy (non-hydrogen) atoms. The van der Waals surface area contributed by atoms with Gasteiger partial charge in [0.05, 0.1) is 6.10 Å². The van der Waals surface area contributed by atoms with E-state index >= 15 is 0 Å². The highest BCUT2D eigenvalue weighted by Gasteiger charge is 2.13. The molecule has 0 saturated heterocycles.